The van der Waals surface area contributed by atoms with Crippen molar-refractivity contribution in [3.63, 3.8) is 0 Å². The standard InChI is InChI=1S/C8H6NO2/c10-8-5-6-3-1-2-4-7(6)11-9-8/h2-4H,5H2,(H,9,10). The first-order chi connectivity index (χ1) is 5.36. The summed E-state index contributed by atoms with van der Waals surface area (Å²) in [5.74, 6) is 0.598. The molecular formula is C8H6NO2. The van der Waals surface area contributed by atoms with Crippen molar-refractivity contribution in [1.29, 1.82) is 0 Å². The molecule has 11 heavy (non-hydrogen) atoms. The van der Waals surface area contributed by atoms with Gasteiger partial charge in [0, 0.05) is 5.56 Å². The molecule has 3 heteroatoms. The van der Waals surface area contributed by atoms with Crippen molar-refractivity contribution in [2.24, 2.45) is 0 Å². The smallest absolute Gasteiger partial charge is 0.257 e. The average molecular weight is 148 g/mol. The Morgan fingerprint density at radius 1 is 1.64 bits per heavy atom. The average Bonchev–Trinajstić information content (AvgIpc) is 2.04. The molecule has 0 unspecified atom stereocenters. The maximum Gasteiger partial charge on any atom is 0.257 e. The van der Waals surface area contributed by atoms with Gasteiger partial charge in [-0.15, -0.1) is 0 Å². The van der Waals surface area contributed by atoms with Crippen molar-refractivity contribution in [2.45, 2.75) is 6.42 Å². The highest BCUT2D eigenvalue weighted by molar-refractivity contribution is 5.79. The summed E-state index contributed by atoms with van der Waals surface area (Å²) in [5.41, 5.74) is 3.17. The maximum atomic E-state index is 10.8. The van der Waals surface area contributed by atoms with Gasteiger partial charge in [-0.05, 0) is 18.2 Å². The number of carbonyl (C=O) groups excluding carboxylic acids is 1. The van der Waals surface area contributed by atoms with Gasteiger partial charge in [0.1, 0.15) is 0 Å². The Labute approximate surface area is 63.9 Å². The van der Waals surface area contributed by atoms with Crippen LogP contribution in [0.5, 0.6) is 5.75 Å². The van der Waals surface area contributed by atoms with Gasteiger partial charge in [-0.25, -0.2) is 0 Å². The molecule has 0 aliphatic carbocycles. The van der Waals surface area contributed by atoms with E-state index in [1.807, 2.05) is 0 Å². The van der Waals surface area contributed by atoms with Gasteiger partial charge in [0.05, 0.1) is 6.42 Å². The van der Waals surface area contributed by atoms with Crippen LogP contribution in [0.25, 0.3) is 0 Å². The van der Waals surface area contributed by atoms with E-state index in [4.69, 9.17) is 4.84 Å². The number of rotatable bonds is 0. The molecule has 1 N–H and O–H groups in total. The Kier molecular flexibility index (Phi) is 1.28. The van der Waals surface area contributed by atoms with E-state index in [0.29, 0.717) is 12.2 Å². The zero-order chi connectivity index (χ0) is 7.68. The number of hydrogen-bond donors (Lipinski definition) is 1. The zero-order valence-corrected chi connectivity index (χ0v) is 5.76. The molecule has 2 rings (SSSR count). The van der Waals surface area contributed by atoms with Crippen LogP contribution in [0.15, 0.2) is 18.2 Å². The van der Waals surface area contributed by atoms with Crippen LogP contribution in [0.2, 0.25) is 0 Å². The van der Waals surface area contributed by atoms with Gasteiger partial charge in [-0.1, -0.05) is 6.07 Å². The number of nitrogens with one attached hydrogen (secondary N) is 1. The van der Waals surface area contributed by atoms with Crippen LogP contribution in [-0.2, 0) is 11.2 Å². The molecule has 1 aliphatic rings. The van der Waals surface area contributed by atoms with Crippen LogP contribution in [-0.4, -0.2) is 5.91 Å². The minimum atomic E-state index is -0.114. The van der Waals surface area contributed by atoms with E-state index in [1.165, 1.54) is 0 Å². The fraction of sp³-hybridized carbons (Fsp3) is 0.125. The lowest BCUT2D eigenvalue weighted by Crippen LogP contribution is -2.32. The third-order valence-corrected chi connectivity index (χ3v) is 1.53. The molecule has 1 aliphatic heterocycles. The Balaban J connectivity index is 2.41. The summed E-state index contributed by atoms with van der Waals surface area (Å²) in [5, 5.41) is 0. The van der Waals surface area contributed by atoms with Gasteiger partial charge in [0.2, 0.25) is 0 Å². The summed E-state index contributed by atoms with van der Waals surface area (Å²) >= 11 is 0. The molecule has 0 spiro atoms. The third-order valence-electron chi connectivity index (χ3n) is 1.53. The van der Waals surface area contributed by atoms with Crippen LogP contribution in [0.4, 0.5) is 0 Å². The van der Waals surface area contributed by atoms with Crippen molar-refractivity contribution in [1.82, 2.24) is 5.48 Å². The largest absolute Gasteiger partial charge is 0.379 e. The predicted molar refractivity (Wildman–Crippen MR) is 37.8 cm³/mol. The van der Waals surface area contributed by atoms with E-state index < -0.39 is 0 Å². The summed E-state index contributed by atoms with van der Waals surface area (Å²) in [4.78, 5) is 15.7. The summed E-state index contributed by atoms with van der Waals surface area (Å²) in [7, 11) is 0. The molecule has 0 aromatic heterocycles. The Hall–Kier alpha value is -1.51. The molecule has 1 aromatic rings. The fourth-order valence-electron chi connectivity index (χ4n) is 1.01. The molecule has 0 bridgehead atoms. The Morgan fingerprint density at radius 3 is 3.45 bits per heavy atom. The predicted octanol–water partition coefficient (Wildman–Crippen LogP) is 0.453. The second-order valence-corrected chi connectivity index (χ2v) is 2.34. The van der Waals surface area contributed by atoms with Crippen molar-refractivity contribution in [2.75, 3.05) is 0 Å². The second-order valence-electron chi connectivity index (χ2n) is 2.34. The number of amides is 1. The van der Waals surface area contributed by atoms with Crippen molar-refractivity contribution >= 4 is 5.91 Å². The lowest BCUT2D eigenvalue weighted by atomic mass is 10.1. The maximum absolute atomic E-state index is 10.8. The van der Waals surface area contributed by atoms with Crippen molar-refractivity contribution in [3.05, 3.63) is 29.8 Å². The van der Waals surface area contributed by atoms with E-state index in [0.717, 1.165) is 5.56 Å². The van der Waals surface area contributed by atoms with Gasteiger partial charge in [-0.2, -0.15) is 5.48 Å². The van der Waals surface area contributed by atoms with Crippen LogP contribution in [0, 0.1) is 6.07 Å². The number of carbonyl (C=O) groups is 1. The van der Waals surface area contributed by atoms with Gasteiger partial charge >= 0.3 is 0 Å². The Morgan fingerprint density at radius 2 is 2.55 bits per heavy atom. The molecular weight excluding hydrogens is 142 g/mol. The summed E-state index contributed by atoms with van der Waals surface area (Å²) in [6.45, 7) is 0. The highest BCUT2D eigenvalue weighted by atomic mass is 16.7. The SMILES string of the molecule is O=C1Cc2c[c]ccc2ON1. The number of hydroxylamine groups is 1. The minimum Gasteiger partial charge on any atom is -0.379 e. The second kappa shape index (κ2) is 2.27. The lowest BCUT2D eigenvalue weighted by molar-refractivity contribution is -0.128. The summed E-state index contributed by atoms with van der Waals surface area (Å²) in [6, 6.07) is 8.16. The van der Waals surface area contributed by atoms with E-state index in [1.54, 1.807) is 18.2 Å². The molecule has 1 heterocycles. The van der Waals surface area contributed by atoms with Gasteiger partial charge in [-0.3, -0.25) is 4.79 Å². The van der Waals surface area contributed by atoms with E-state index >= 15 is 0 Å². The molecule has 0 atom stereocenters. The highest BCUT2D eigenvalue weighted by Gasteiger charge is 2.14. The molecule has 1 radical (unpaired) electrons. The molecule has 1 amide bonds. The fourth-order valence-corrected chi connectivity index (χ4v) is 1.01. The number of benzene rings is 1. The van der Waals surface area contributed by atoms with Crippen LogP contribution in [0.1, 0.15) is 5.56 Å². The summed E-state index contributed by atoms with van der Waals surface area (Å²) < 4.78 is 0. The first kappa shape index (κ1) is 6.22. The van der Waals surface area contributed by atoms with Gasteiger partial charge in [0.15, 0.2) is 5.75 Å². The third kappa shape index (κ3) is 1.05. The zero-order valence-electron chi connectivity index (χ0n) is 5.76. The van der Waals surface area contributed by atoms with E-state index in [9.17, 15) is 4.79 Å². The molecule has 3 nitrogen and oxygen atoms in total. The van der Waals surface area contributed by atoms with Crippen molar-refractivity contribution < 1.29 is 9.63 Å². The van der Waals surface area contributed by atoms with Gasteiger partial charge < -0.3 is 4.84 Å². The number of fused-ring (bicyclic) bond motifs is 1. The quantitative estimate of drug-likeness (QED) is 0.580. The topological polar surface area (TPSA) is 38.3 Å². The monoisotopic (exact) mass is 148 g/mol. The van der Waals surface area contributed by atoms with Crippen molar-refractivity contribution in [3.8, 4) is 5.75 Å². The highest BCUT2D eigenvalue weighted by Crippen LogP contribution is 2.19. The first-order valence-corrected chi connectivity index (χ1v) is 3.31. The Bertz CT molecular complexity index is 296. The normalized spacial score (nSPS) is 14.7. The van der Waals surface area contributed by atoms with Gasteiger partial charge in [0.25, 0.3) is 5.91 Å². The first-order valence-electron chi connectivity index (χ1n) is 3.31. The molecule has 55 valence electrons. The molecule has 0 saturated carbocycles. The van der Waals surface area contributed by atoms with E-state index in [-0.39, 0.29) is 5.91 Å². The minimum absolute atomic E-state index is 0.114. The van der Waals surface area contributed by atoms with Crippen LogP contribution in [0.3, 0.4) is 0 Å². The summed E-state index contributed by atoms with van der Waals surface area (Å²) in [6.07, 6.45) is 0.382. The molecule has 1 aromatic carbocycles. The van der Waals surface area contributed by atoms with E-state index in [2.05, 4.69) is 11.5 Å². The molecule has 0 fully saturated rings. The molecule has 0 saturated heterocycles. The number of hydrogen-bond acceptors (Lipinski definition) is 2. The lowest BCUT2D eigenvalue weighted by Gasteiger charge is -2.15. The van der Waals surface area contributed by atoms with Crippen LogP contribution < -0.4 is 10.3 Å². The van der Waals surface area contributed by atoms with Crippen LogP contribution >= 0.6 is 0 Å².